The van der Waals surface area contributed by atoms with Crippen molar-refractivity contribution >= 4 is 14.1 Å². The zero-order valence-electron chi connectivity index (χ0n) is 18.2. The third-order valence-corrected chi connectivity index (χ3v) is 10.1. The van der Waals surface area contributed by atoms with Gasteiger partial charge in [-0.15, -0.1) is 6.58 Å². The highest BCUT2D eigenvalue weighted by atomic mass is 28.4. The van der Waals surface area contributed by atoms with E-state index < -0.39 is 8.32 Å². The van der Waals surface area contributed by atoms with Crippen molar-refractivity contribution in [2.75, 3.05) is 0 Å². The fourth-order valence-electron chi connectivity index (χ4n) is 2.71. The topological polar surface area (TPSA) is 35.5 Å². The summed E-state index contributed by atoms with van der Waals surface area (Å²) in [5.74, 6) is 0.345. The molecule has 152 valence electrons. The summed E-state index contributed by atoms with van der Waals surface area (Å²) in [6, 6.07) is 10.2. The molecule has 1 rings (SSSR count). The van der Waals surface area contributed by atoms with Crippen molar-refractivity contribution in [2.45, 2.75) is 84.4 Å². The SMILES string of the molecule is C=C[C@H](C)[C@H](C[C@@H](CC(C)=O)O[Si](C)(C)C(C)(C)C)OCc1ccccc1. The molecule has 0 aliphatic heterocycles. The number of rotatable bonds is 11. The Kier molecular flexibility index (Phi) is 9.12. The molecule has 1 aromatic carbocycles. The minimum atomic E-state index is -1.97. The van der Waals surface area contributed by atoms with Crippen LogP contribution in [-0.4, -0.2) is 26.3 Å². The lowest BCUT2D eigenvalue weighted by atomic mass is 9.97. The van der Waals surface area contributed by atoms with Gasteiger partial charge in [-0.3, -0.25) is 4.79 Å². The quantitative estimate of drug-likeness (QED) is 0.335. The molecule has 3 atom stereocenters. The lowest BCUT2D eigenvalue weighted by Gasteiger charge is -2.40. The first kappa shape index (κ1) is 23.8. The Morgan fingerprint density at radius 1 is 1.22 bits per heavy atom. The van der Waals surface area contributed by atoms with Crippen molar-refractivity contribution in [3.8, 4) is 0 Å². The van der Waals surface area contributed by atoms with Crippen LogP contribution in [0.2, 0.25) is 18.1 Å². The first-order valence-corrected chi connectivity index (χ1v) is 12.8. The van der Waals surface area contributed by atoms with Crippen molar-refractivity contribution in [1.29, 1.82) is 0 Å². The van der Waals surface area contributed by atoms with Crippen molar-refractivity contribution < 1.29 is 14.0 Å². The smallest absolute Gasteiger partial charge is 0.192 e. The normalized spacial score (nSPS) is 15.8. The molecule has 4 heteroatoms. The molecule has 0 spiro atoms. The number of Topliss-reactive ketones (excluding diaryl/α,β-unsaturated/α-hetero) is 1. The molecule has 0 saturated heterocycles. The van der Waals surface area contributed by atoms with Crippen LogP contribution >= 0.6 is 0 Å². The second kappa shape index (κ2) is 10.3. The van der Waals surface area contributed by atoms with Crippen LogP contribution in [0.4, 0.5) is 0 Å². The van der Waals surface area contributed by atoms with Gasteiger partial charge in [-0.25, -0.2) is 0 Å². The number of benzene rings is 1. The van der Waals surface area contributed by atoms with E-state index in [1.54, 1.807) is 6.92 Å². The zero-order chi connectivity index (χ0) is 20.7. The molecular formula is C23H38O3Si. The molecular weight excluding hydrogens is 352 g/mol. The Bertz CT molecular complexity index is 589. The zero-order valence-corrected chi connectivity index (χ0v) is 19.2. The van der Waals surface area contributed by atoms with Gasteiger partial charge >= 0.3 is 0 Å². The lowest BCUT2D eigenvalue weighted by Crippen LogP contribution is -2.45. The molecule has 0 unspecified atom stereocenters. The van der Waals surface area contributed by atoms with E-state index in [4.69, 9.17) is 9.16 Å². The van der Waals surface area contributed by atoms with E-state index in [-0.39, 0.29) is 28.9 Å². The standard InChI is InChI=1S/C23H38O3Si/c1-9-18(2)22(25-17-20-13-11-10-12-14-20)16-21(15-19(3)24)26-27(7,8)23(4,5)6/h9-14,18,21-22H,1,15-17H2,2-8H3/t18-,21+,22-/m0/s1. The van der Waals surface area contributed by atoms with Gasteiger partial charge in [0.1, 0.15) is 5.78 Å². The Morgan fingerprint density at radius 3 is 2.30 bits per heavy atom. The van der Waals surface area contributed by atoms with Crippen LogP contribution in [0, 0.1) is 5.92 Å². The molecule has 0 amide bonds. The Labute approximate surface area is 167 Å². The molecule has 0 aliphatic carbocycles. The van der Waals surface area contributed by atoms with Gasteiger partial charge in [-0.1, -0.05) is 64.1 Å². The van der Waals surface area contributed by atoms with E-state index in [1.807, 2.05) is 24.3 Å². The Morgan fingerprint density at radius 2 is 1.81 bits per heavy atom. The minimum Gasteiger partial charge on any atom is -0.413 e. The van der Waals surface area contributed by atoms with Crippen LogP contribution in [0.25, 0.3) is 0 Å². The summed E-state index contributed by atoms with van der Waals surface area (Å²) in [5.41, 5.74) is 1.15. The maximum Gasteiger partial charge on any atom is 0.192 e. The predicted molar refractivity (Wildman–Crippen MR) is 116 cm³/mol. The highest BCUT2D eigenvalue weighted by Gasteiger charge is 2.40. The monoisotopic (exact) mass is 390 g/mol. The van der Waals surface area contributed by atoms with Crippen LogP contribution in [0.1, 0.15) is 53.0 Å². The van der Waals surface area contributed by atoms with Crippen molar-refractivity contribution in [3.05, 3.63) is 48.6 Å². The van der Waals surface area contributed by atoms with Crippen LogP contribution in [0.15, 0.2) is 43.0 Å². The van der Waals surface area contributed by atoms with Gasteiger partial charge in [0.15, 0.2) is 8.32 Å². The van der Waals surface area contributed by atoms with Gasteiger partial charge in [0.05, 0.1) is 18.8 Å². The fourth-order valence-corrected chi connectivity index (χ4v) is 4.08. The Balaban J connectivity index is 2.90. The first-order chi connectivity index (χ1) is 12.5. The summed E-state index contributed by atoms with van der Waals surface area (Å²) < 4.78 is 12.8. The van der Waals surface area contributed by atoms with E-state index in [2.05, 4.69) is 59.5 Å². The molecule has 0 N–H and O–H groups in total. The Hall–Kier alpha value is -1.23. The van der Waals surface area contributed by atoms with Gasteiger partial charge in [0, 0.05) is 12.3 Å². The molecule has 1 aromatic rings. The third kappa shape index (κ3) is 8.12. The first-order valence-electron chi connectivity index (χ1n) is 9.91. The molecule has 27 heavy (non-hydrogen) atoms. The molecule has 0 fully saturated rings. The summed E-state index contributed by atoms with van der Waals surface area (Å²) in [6.07, 6.45) is 2.91. The average molecular weight is 391 g/mol. The van der Waals surface area contributed by atoms with Crippen molar-refractivity contribution in [1.82, 2.24) is 0 Å². The molecule has 0 radical (unpaired) electrons. The highest BCUT2D eigenvalue weighted by molar-refractivity contribution is 6.74. The predicted octanol–water partition coefficient (Wildman–Crippen LogP) is 6.15. The number of ether oxygens (including phenoxy) is 1. The summed E-state index contributed by atoms with van der Waals surface area (Å²) in [6.45, 7) is 19.4. The summed E-state index contributed by atoms with van der Waals surface area (Å²) in [4.78, 5) is 11.9. The maximum absolute atomic E-state index is 11.9. The van der Waals surface area contributed by atoms with E-state index >= 15 is 0 Å². The van der Waals surface area contributed by atoms with Gasteiger partial charge in [0.25, 0.3) is 0 Å². The number of carbonyl (C=O) groups is 1. The number of carbonyl (C=O) groups excluding carboxylic acids is 1. The van der Waals surface area contributed by atoms with Crippen molar-refractivity contribution in [3.63, 3.8) is 0 Å². The molecule has 0 saturated carbocycles. The number of hydrogen-bond donors (Lipinski definition) is 0. The van der Waals surface area contributed by atoms with Gasteiger partial charge in [-0.2, -0.15) is 0 Å². The van der Waals surface area contributed by atoms with Crippen molar-refractivity contribution in [2.24, 2.45) is 5.92 Å². The number of hydrogen-bond acceptors (Lipinski definition) is 3. The highest BCUT2D eigenvalue weighted by Crippen LogP contribution is 2.38. The van der Waals surface area contributed by atoms with Crippen LogP contribution in [-0.2, 0) is 20.6 Å². The van der Waals surface area contributed by atoms with Gasteiger partial charge in [0.2, 0.25) is 0 Å². The maximum atomic E-state index is 11.9. The number of ketones is 1. The largest absolute Gasteiger partial charge is 0.413 e. The van der Waals surface area contributed by atoms with Crippen LogP contribution in [0.3, 0.4) is 0 Å². The molecule has 0 heterocycles. The molecule has 3 nitrogen and oxygen atoms in total. The fraction of sp³-hybridized carbons (Fsp3) is 0.609. The molecule has 0 bridgehead atoms. The van der Waals surface area contributed by atoms with E-state index in [9.17, 15) is 4.79 Å². The van der Waals surface area contributed by atoms with Crippen LogP contribution < -0.4 is 0 Å². The summed E-state index contributed by atoms with van der Waals surface area (Å²) >= 11 is 0. The van der Waals surface area contributed by atoms with Gasteiger partial charge < -0.3 is 9.16 Å². The lowest BCUT2D eigenvalue weighted by molar-refractivity contribution is -0.119. The second-order valence-electron chi connectivity index (χ2n) is 9.07. The minimum absolute atomic E-state index is 0.0307. The average Bonchev–Trinajstić information content (AvgIpc) is 2.56. The van der Waals surface area contributed by atoms with Crippen LogP contribution in [0.5, 0.6) is 0 Å². The van der Waals surface area contributed by atoms with Gasteiger partial charge in [-0.05, 0) is 37.0 Å². The summed E-state index contributed by atoms with van der Waals surface area (Å²) in [7, 11) is -1.97. The molecule has 0 aromatic heterocycles. The van der Waals surface area contributed by atoms with E-state index in [0.717, 1.165) is 5.56 Å². The van der Waals surface area contributed by atoms with E-state index in [0.29, 0.717) is 19.4 Å². The summed E-state index contributed by atoms with van der Waals surface area (Å²) in [5, 5.41) is 0.104. The third-order valence-electron chi connectivity index (χ3n) is 5.54. The second-order valence-corrected chi connectivity index (χ2v) is 13.8. The van der Waals surface area contributed by atoms with E-state index in [1.165, 1.54) is 0 Å². The molecule has 0 aliphatic rings.